The molecule has 1 N–H and O–H groups in total. The zero-order valence-electron chi connectivity index (χ0n) is 10.8. The summed E-state index contributed by atoms with van der Waals surface area (Å²) in [6.45, 7) is 3.51. The normalized spacial score (nSPS) is 22.6. The van der Waals surface area contributed by atoms with Gasteiger partial charge in [0.15, 0.2) is 11.5 Å². The molecule has 2 heterocycles. The van der Waals surface area contributed by atoms with Crippen molar-refractivity contribution >= 4 is 0 Å². The van der Waals surface area contributed by atoms with E-state index in [9.17, 15) is 8.78 Å². The van der Waals surface area contributed by atoms with Crippen LogP contribution in [-0.4, -0.2) is 26.3 Å². The van der Waals surface area contributed by atoms with Gasteiger partial charge in [0.25, 0.3) is 5.92 Å². The molecule has 1 fully saturated rings. The summed E-state index contributed by atoms with van der Waals surface area (Å²) < 4.78 is 38.3. The standard InChI is InChI=1S/C14H17F2NO2/c1-14(15,16)10-6-11(9-2-3-17-8-9)13-12(7-10)18-4-5-19-13/h6-7,9,17H,2-5,8H2,1H3. The van der Waals surface area contributed by atoms with E-state index >= 15 is 0 Å². The van der Waals surface area contributed by atoms with Gasteiger partial charge in [-0.15, -0.1) is 0 Å². The van der Waals surface area contributed by atoms with Crippen LogP contribution in [0.5, 0.6) is 11.5 Å². The number of nitrogens with one attached hydrogen (secondary N) is 1. The fraction of sp³-hybridized carbons (Fsp3) is 0.571. The largest absolute Gasteiger partial charge is 0.486 e. The average molecular weight is 269 g/mol. The summed E-state index contributed by atoms with van der Waals surface area (Å²) >= 11 is 0. The maximum atomic E-state index is 13.6. The Morgan fingerprint density at radius 1 is 1.26 bits per heavy atom. The molecule has 0 amide bonds. The van der Waals surface area contributed by atoms with Crippen LogP contribution < -0.4 is 14.8 Å². The van der Waals surface area contributed by atoms with Gasteiger partial charge >= 0.3 is 0 Å². The van der Waals surface area contributed by atoms with Crippen LogP contribution in [0.15, 0.2) is 12.1 Å². The lowest BCUT2D eigenvalue weighted by molar-refractivity contribution is 0.0168. The lowest BCUT2D eigenvalue weighted by Crippen LogP contribution is -2.20. The summed E-state index contributed by atoms with van der Waals surface area (Å²) in [7, 11) is 0. The quantitative estimate of drug-likeness (QED) is 0.895. The van der Waals surface area contributed by atoms with Gasteiger partial charge in [-0.05, 0) is 25.1 Å². The molecule has 0 spiro atoms. The molecule has 5 heteroatoms. The summed E-state index contributed by atoms with van der Waals surface area (Å²) in [5, 5.41) is 3.25. The third kappa shape index (κ3) is 2.39. The van der Waals surface area contributed by atoms with E-state index in [4.69, 9.17) is 9.47 Å². The van der Waals surface area contributed by atoms with Crippen molar-refractivity contribution in [2.45, 2.75) is 25.2 Å². The lowest BCUT2D eigenvalue weighted by Gasteiger charge is -2.25. The van der Waals surface area contributed by atoms with Gasteiger partial charge in [0, 0.05) is 30.5 Å². The van der Waals surface area contributed by atoms with E-state index in [1.165, 1.54) is 6.07 Å². The lowest BCUT2D eigenvalue weighted by atomic mass is 9.93. The highest BCUT2D eigenvalue weighted by Gasteiger charge is 2.31. The predicted octanol–water partition coefficient (Wildman–Crippen LogP) is 2.65. The number of rotatable bonds is 2. The fourth-order valence-electron chi connectivity index (χ4n) is 2.66. The van der Waals surface area contributed by atoms with Gasteiger partial charge in [-0.3, -0.25) is 0 Å². The molecule has 1 atom stereocenters. The molecule has 3 nitrogen and oxygen atoms in total. The Morgan fingerprint density at radius 2 is 2.05 bits per heavy atom. The fourth-order valence-corrected chi connectivity index (χ4v) is 2.66. The summed E-state index contributed by atoms with van der Waals surface area (Å²) in [6, 6.07) is 2.98. The van der Waals surface area contributed by atoms with E-state index in [0.717, 1.165) is 32.0 Å². The Labute approximate surface area is 110 Å². The maximum absolute atomic E-state index is 13.6. The molecule has 104 valence electrons. The topological polar surface area (TPSA) is 30.5 Å². The summed E-state index contributed by atoms with van der Waals surface area (Å²) in [6.07, 6.45) is 0.939. The minimum absolute atomic E-state index is 0.00125. The third-order valence-electron chi connectivity index (χ3n) is 3.68. The summed E-state index contributed by atoms with van der Waals surface area (Å²) in [5.74, 6) is -1.55. The number of ether oxygens (including phenoxy) is 2. The monoisotopic (exact) mass is 269 g/mol. The molecule has 1 saturated heterocycles. The SMILES string of the molecule is CC(F)(F)c1cc2c(c(C3CCNC3)c1)OCCO2. The highest BCUT2D eigenvalue weighted by Crippen LogP contribution is 2.43. The van der Waals surface area contributed by atoms with Crippen molar-refractivity contribution in [3.63, 3.8) is 0 Å². The van der Waals surface area contributed by atoms with Crippen molar-refractivity contribution in [2.75, 3.05) is 26.3 Å². The number of hydrogen-bond acceptors (Lipinski definition) is 3. The molecule has 0 saturated carbocycles. The van der Waals surface area contributed by atoms with Gasteiger partial charge in [-0.25, -0.2) is 8.78 Å². The molecular weight excluding hydrogens is 252 g/mol. The number of hydrogen-bond donors (Lipinski definition) is 1. The van der Waals surface area contributed by atoms with Crippen LogP contribution in [-0.2, 0) is 5.92 Å². The summed E-state index contributed by atoms with van der Waals surface area (Å²) in [4.78, 5) is 0. The highest BCUT2D eigenvalue weighted by atomic mass is 19.3. The molecule has 0 radical (unpaired) electrons. The van der Waals surface area contributed by atoms with Crippen molar-refractivity contribution in [1.29, 1.82) is 0 Å². The van der Waals surface area contributed by atoms with E-state index in [1.807, 2.05) is 0 Å². The van der Waals surface area contributed by atoms with Crippen molar-refractivity contribution in [2.24, 2.45) is 0 Å². The minimum Gasteiger partial charge on any atom is -0.486 e. The first-order valence-electron chi connectivity index (χ1n) is 6.58. The Balaban J connectivity index is 2.08. The molecule has 1 unspecified atom stereocenters. The third-order valence-corrected chi connectivity index (χ3v) is 3.68. The van der Waals surface area contributed by atoms with Gasteiger partial charge in [0.05, 0.1) is 0 Å². The molecule has 1 aromatic carbocycles. The molecule has 0 bridgehead atoms. The van der Waals surface area contributed by atoms with Crippen LogP contribution in [0, 0.1) is 0 Å². The average Bonchev–Trinajstić information content (AvgIpc) is 2.90. The van der Waals surface area contributed by atoms with Crippen molar-refractivity contribution in [1.82, 2.24) is 5.32 Å². The first-order valence-corrected chi connectivity index (χ1v) is 6.58. The van der Waals surface area contributed by atoms with E-state index in [-0.39, 0.29) is 11.5 Å². The predicted molar refractivity (Wildman–Crippen MR) is 67.2 cm³/mol. The van der Waals surface area contributed by atoms with Crippen LogP contribution in [0.4, 0.5) is 8.78 Å². The zero-order chi connectivity index (χ0) is 13.5. The number of benzene rings is 1. The van der Waals surface area contributed by atoms with Gasteiger partial charge in [0.2, 0.25) is 0 Å². The van der Waals surface area contributed by atoms with Crippen molar-refractivity contribution in [3.05, 3.63) is 23.3 Å². The molecule has 1 aromatic rings. The summed E-state index contributed by atoms with van der Waals surface area (Å²) in [5.41, 5.74) is 0.845. The van der Waals surface area contributed by atoms with Crippen LogP contribution in [0.1, 0.15) is 30.4 Å². The Bertz CT molecular complexity index is 479. The zero-order valence-corrected chi connectivity index (χ0v) is 10.8. The number of fused-ring (bicyclic) bond motifs is 1. The van der Waals surface area contributed by atoms with Crippen LogP contribution >= 0.6 is 0 Å². The second-order valence-corrected chi connectivity index (χ2v) is 5.17. The van der Waals surface area contributed by atoms with E-state index in [0.29, 0.717) is 24.7 Å². The second kappa shape index (κ2) is 4.63. The van der Waals surface area contributed by atoms with E-state index in [1.54, 1.807) is 6.07 Å². The van der Waals surface area contributed by atoms with Gasteiger partial charge < -0.3 is 14.8 Å². The first kappa shape index (κ1) is 12.7. The van der Waals surface area contributed by atoms with Crippen molar-refractivity contribution in [3.8, 4) is 11.5 Å². The van der Waals surface area contributed by atoms with Crippen LogP contribution in [0.2, 0.25) is 0 Å². The first-order chi connectivity index (χ1) is 9.05. The molecule has 2 aliphatic rings. The minimum atomic E-state index is -2.86. The van der Waals surface area contributed by atoms with Crippen LogP contribution in [0.25, 0.3) is 0 Å². The van der Waals surface area contributed by atoms with Crippen LogP contribution in [0.3, 0.4) is 0 Å². The smallest absolute Gasteiger partial charge is 0.270 e. The van der Waals surface area contributed by atoms with Crippen molar-refractivity contribution < 1.29 is 18.3 Å². The highest BCUT2D eigenvalue weighted by molar-refractivity contribution is 5.53. The molecular formula is C14H17F2NO2. The molecule has 0 aromatic heterocycles. The Morgan fingerprint density at radius 3 is 2.74 bits per heavy atom. The van der Waals surface area contributed by atoms with Gasteiger partial charge in [-0.1, -0.05) is 0 Å². The molecule has 19 heavy (non-hydrogen) atoms. The molecule has 3 rings (SSSR count). The molecule has 2 aliphatic heterocycles. The molecule has 0 aliphatic carbocycles. The Hall–Kier alpha value is -1.36. The maximum Gasteiger partial charge on any atom is 0.270 e. The second-order valence-electron chi connectivity index (χ2n) is 5.17. The van der Waals surface area contributed by atoms with E-state index in [2.05, 4.69) is 5.32 Å². The van der Waals surface area contributed by atoms with Gasteiger partial charge in [0.1, 0.15) is 13.2 Å². The van der Waals surface area contributed by atoms with E-state index < -0.39 is 5.92 Å². The van der Waals surface area contributed by atoms with Gasteiger partial charge in [-0.2, -0.15) is 0 Å². The Kier molecular flexibility index (Phi) is 3.09. The number of alkyl halides is 2. The number of halogens is 2.